The smallest absolute Gasteiger partial charge is 0.256 e. The zero-order chi connectivity index (χ0) is 21.7. The number of rotatable bonds is 3. The normalized spacial score (nSPS) is 18.1. The van der Waals surface area contributed by atoms with Crippen LogP contribution in [0, 0.1) is 6.92 Å². The highest BCUT2D eigenvalue weighted by Crippen LogP contribution is 2.24. The molecule has 5 rings (SSSR count). The Morgan fingerprint density at radius 3 is 2.84 bits per heavy atom. The van der Waals surface area contributed by atoms with Gasteiger partial charge >= 0.3 is 0 Å². The molecule has 0 unspecified atom stereocenters. The van der Waals surface area contributed by atoms with Gasteiger partial charge < -0.3 is 14.6 Å². The third-order valence-electron chi connectivity index (χ3n) is 6.09. The van der Waals surface area contributed by atoms with Crippen LogP contribution in [-0.4, -0.2) is 73.6 Å². The standard InChI is InChI=1S/C22H26N8O/c1-14-16-6-5-15(9-18(16)29(4)26-14)22(31)25-20-13-30-11-17(24-21(30)10-23-20)19-12-27(2)7-8-28(19)3/h5-6,9-11,13,19H,7-8,12H2,1-4H3,(H,25,31)/t19-/m1/s1. The molecular formula is C22H26N8O. The number of anilines is 1. The molecule has 0 radical (unpaired) electrons. The Balaban J connectivity index is 1.39. The zero-order valence-electron chi connectivity index (χ0n) is 18.2. The van der Waals surface area contributed by atoms with Crippen LogP contribution in [0.25, 0.3) is 16.6 Å². The molecule has 0 bridgehead atoms. The number of carbonyl (C=O) groups excluding carboxylic acids is 1. The molecule has 4 heterocycles. The minimum atomic E-state index is -0.207. The summed E-state index contributed by atoms with van der Waals surface area (Å²) >= 11 is 0. The molecule has 4 aromatic rings. The lowest BCUT2D eigenvalue weighted by Gasteiger charge is -2.36. The van der Waals surface area contributed by atoms with Gasteiger partial charge in [-0.15, -0.1) is 0 Å². The van der Waals surface area contributed by atoms with E-state index in [-0.39, 0.29) is 11.9 Å². The molecule has 1 amide bonds. The van der Waals surface area contributed by atoms with E-state index in [0.29, 0.717) is 11.4 Å². The molecule has 1 fully saturated rings. The molecule has 0 aliphatic carbocycles. The van der Waals surface area contributed by atoms with Crippen LogP contribution in [0.1, 0.15) is 27.8 Å². The molecule has 0 spiro atoms. The van der Waals surface area contributed by atoms with Gasteiger partial charge in [0.25, 0.3) is 5.91 Å². The van der Waals surface area contributed by atoms with E-state index in [1.54, 1.807) is 10.9 Å². The van der Waals surface area contributed by atoms with E-state index in [9.17, 15) is 4.79 Å². The fourth-order valence-electron chi connectivity index (χ4n) is 4.24. The van der Waals surface area contributed by atoms with Crippen LogP contribution in [0.5, 0.6) is 0 Å². The molecule has 9 nitrogen and oxygen atoms in total. The van der Waals surface area contributed by atoms with Crippen molar-refractivity contribution < 1.29 is 4.79 Å². The van der Waals surface area contributed by atoms with E-state index in [1.165, 1.54) is 0 Å². The number of fused-ring (bicyclic) bond motifs is 2. The van der Waals surface area contributed by atoms with Crippen LogP contribution in [0.15, 0.2) is 36.8 Å². The maximum atomic E-state index is 12.8. The summed E-state index contributed by atoms with van der Waals surface area (Å²) in [6, 6.07) is 5.85. The molecule has 1 aliphatic heterocycles. The molecule has 9 heteroatoms. The summed E-state index contributed by atoms with van der Waals surface area (Å²) in [5, 5.41) is 8.36. The molecule has 160 valence electrons. The van der Waals surface area contributed by atoms with Crippen LogP contribution < -0.4 is 5.32 Å². The molecule has 1 atom stereocenters. The minimum Gasteiger partial charge on any atom is -0.305 e. The van der Waals surface area contributed by atoms with Gasteiger partial charge in [-0.1, -0.05) is 6.07 Å². The Morgan fingerprint density at radius 1 is 1.16 bits per heavy atom. The van der Waals surface area contributed by atoms with Crippen molar-refractivity contribution in [2.45, 2.75) is 13.0 Å². The third-order valence-corrected chi connectivity index (χ3v) is 6.09. The summed E-state index contributed by atoms with van der Waals surface area (Å²) in [4.78, 5) is 26.6. The lowest BCUT2D eigenvalue weighted by atomic mass is 10.1. The van der Waals surface area contributed by atoms with Gasteiger partial charge in [-0.05, 0) is 33.2 Å². The van der Waals surface area contributed by atoms with E-state index >= 15 is 0 Å². The highest BCUT2D eigenvalue weighted by molar-refractivity contribution is 6.05. The van der Waals surface area contributed by atoms with Gasteiger partial charge in [-0.25, -0.2) is 9.97 Å². The lowest BCUT2D eigenvalue weighted by molar-refractivity contribution is 0.102. The summed E-state index contributed by atoms with van der Waals surface area (Å²) in [6.07, 6.45) is 5.53. The van der Waals surface area contributed by atoms with Gasteiger partial charge in [0.15, 0.2) is 5.65 Å². The topological polar surface area (TPSA) is 83.6 Å². The Kier molecular flexibility index (Phi) is 4.71. The first-order valence-corrected chi connectivity index (χ1v) is 10.4. The number of aryl methyl sites for hydroxylation is 2. The average Bonchev–Trinajstić information content (AvgIpc) is 3.29. The first-order chi connectivity index (χ1) is 14.9. The number of benzene rings is 1. The van der Waals surface area contributed by atoms with Gasteiger partial charge in [0.2, 0.25) is 0 Å². The van der Waals surface area contributed by atoms with E-state index in [0.717, 1.165) is 47.6 Å². The van der Waals surface area contributed by atoms with Gasteiger partial charge in [0, 0.05) is 43.8 Å². The summed E-state index contributed by atoms with van der Waals surface area (Å²) < 4.78 is 3.71. The molecule has 1 saturated heterocycles. The molecule has 1 N–H and O–H groups in total. The molecule has 3 aromatic heterocycles. The summed E-state index contributed by atoms with van der Waals surface area (Å²) in [7, 11) is 6.14. The minimum absolute atomic E-state index is 0.207. The number of imidazole rings is 1. The van der Waals surface area contributed by atoms with Crippen molar-refractivity contribution >= 4 is 28.3 Å². The molecule has 1 aromatic carbocycles. The van der Waals surface area contributed by atoms with Crippen LogP contribution in [-0.2, 0) is 7.05 Å². The Hall–Kier alpha value is -3.30. The van der Waals surface area contributed by atoms with E-state index < -0.39 is 0 Å². The number of nitrogens with zero attached hydrogens (tertiary/aromatic N) is 7. The predicted octanol–water partition coefficient (Wildman–Crippen LogP) is 2.10. The van der Waals surface area contributed by atoms with E-state index in [4.69, 9.17) is 4.98 Å². The van der Waals surface area contributed by atoms with Crippen molar-refractivity contribution in [3.05, 3.63) is 53.7 Å². The highest BCUT2D eigenvalue weighted by atomic mass is 16.1. The lowest BCUT2D eigenvalue weighted by Crippen LogP contribution is -2.44. The quantitative estimate of drug-likeness (QED) is 0.549. The Morgan fingerprint density at radius 2 is 2.00 bits per heavy atom. The van der Waals surface area contributed by atoms with E-state index in [2.05, 4.69) is 39.3 Å². The number of hydrogen-bond donors (Lipinski definition) is 1. The molecule has 0 saturated carbocycles. The van der Waals surface area contributed by atoms with Gasteiger partial charge in [-0.2, -0.15) is 5.10 Å². The first-order valence-electron chi connectivity index (χ1n) is 10.4. The molecule has 31 heavy (non-hydrogen) atoms. The number of likely N-dealkylation sites (N-methyl/N-ethyl adjacent to an activating group) is 2. The number of carbonyl (C=O) groups is 1. The summed E-state index contributed by atoms with van der Waals surface area (Å²) in [6.45, 7) is 4.97. The van der Waals surface area contributed by atoms with Crippen molar-refractivity contribution in [2.24, 2.45) is 7.05 Å². The number of amides is 1. The summed E-state index contributed by atoms with van der Waals surface area (Å²) in [5.41, 5.74) is 4.21. The van der Waals surface area contributed by atoms with Gasteiger partial charge in [-0.3, -0.25) is 14.4 Å². The van der Waals surface area contributed by atoms with Crippen molar-refractivity contribution in [2.75, 3.05) is 39.0 Å². The van der Waals surface area contributed by atoms with Crippen LogP contribution >= 0.6 is 0 Å². The van der Waals surface area contributed by atoms with Crippen molar-refractivity contribution in [1.29, 1.82) is 0 Å². The Bertz CT molecular complexity index is 1290. The second kappa shape index (κ2) is 7.44. The number of nitrogens with one attached hydrogen (secondary N) is 1. The largest absolute Gasteiger partial charge is 0.305 e. The summed E-state index contributed by atoms with van der Waals surface area (Å²) in [5.74, 6) is 0.276. The molecular weight excluding hydrogens is 392 g/mol. The first kappa shape index (κ1) is 19.7. The highest BCUT2D eigenvalue weighted by Gasteiger charge is 2.26. The SMILES string of the molecule is Cc1nn(C)c2cc(C(=O)Nc3cn4cc([C@H]5CN(C)CCN5C)nc4cn3)ccc12. The zero-order valence-corrected chi connectivity index (χ0v) is 18.2. The second-order valence-corrected chi connectivity index (χ2v) is 8.36. The second-order valence-electron chi connectivity index (χ2n) is 8.36. The van der Waals surface area contributed by atoms with Gasteiger partial charge in [0.05, 0.1) is 35.3 Å². The fraction of sp³-hybridized carbons (Fsp3) is 0.364. The van der Waals surface area contributed by atoms with Crippen LogP contribution in [0.4, 0.5) is 5.82 Å². The maximum Gasteiger partial charge on any atom is 0.256 e. The van der Waals surface area contributed by atoms with Crippen LogP contribution in [0.3, 0.4) is 0 Å². The average molecular weight is 419 g/mol. The van der Waals surface area contributed by atoms with Crippen molar-refractivity contribution in [1.82, 2.24) is 33.9 Å². The van der Waals surface area contributed by atoms with Crippen LogP contribution in [0.2, 0.25) is 0 Å². The van der Waals surface area contributed by atoms with Crippen molar-refractivity contribution in [3.63, 3.8) is 0 Å². The number of aromatic nitrogens is 5. The third kappa shape index (κ3) is 3.55. The fourth-order valence-corrected chi connectivity index (χ4v) is 4.24. The molecule has 1 aliphatic rings. The Labute approximate surface area is 180 Å². The van der Waals surface area contributed by atoms with E-state index in [1.807, 2.05) is 49.0 Å². The monoisotopic (exact) mass is 418 g/mol. The number of piperazine rings is 1. The maximum absolute atomic E-state index is 12.8. The van der Waals surface area contributed by atoms with Gasteiger partial charge in [0.1, 0.15) is 5.82 Å². The van der Waals surface area contributed by atoms with Crippen molar-refractivity contribution in [3.8, 4) is 0 Å². The predicted molar refractivity (Wildman–Crippen MR) is 119 cm³/mol. The number of hydrogen-bond acceptors (Lipinski definition) is 6.